The second-order valence-electron chi connectivity index (χ2n) is 6.39. The van der Waals surface area contributed by atoms with E-state index in [9.17, 15) is 14.9 Å². The Morgan fingerprint density at radius 1 is 1.35 bits per heavy atom. The van der Waals surface area contributed by atoms with Gasteiger partial charge < -0.3 is 10.6 Å². The monoisotopic (exact) mass is 316 g/mol. The predicted molar refractivity (Wildman–Crippen MR) is 89.5 cm³/mol. The number of nitrogens with zero attached hydrogens (tertiary/aromatic N) is 2. The summed E-state index contributed by atoms with van der Waals surface area (Å²) in [6.45, 7) is 7.55. The minimum Gasteiger partial charge on any atom is -0.376 e. The molecule has 0 fully saturated rings. The molecule has 2 aromatic rings. The van der Waals surface area contributed by atoms with Crippen LogP contribution >= 0.6 is 0 Å². The number of nitro groups is 1. The van der Waals surface area contributed by atoms with Gasteiger partial charge in [0.25, 0.3) is 5.69 Å². The van der Waals surface area contributed by atoms with Gasteiger partial charge in [0, 0.05) is 28.4 Å². The number of aryl methyl sites for hydroxylation is 1. The standard InChI is InChI=1S/C16H20N4O3/c1-10-8-12(17-9-14(21)19-16(2,3)4)11-6-5-7-13(20(22)23)15(11)18-10/h5-8H,9H2,1-4H3,(H,17,18)(H,19,21). The van der Waals surface area contributed by atoms with Crippen LogP contribution in [0.15, 0.2) is 24.3 Å². The normalized spacial score (nSPS) is 11.3. The van der Waals surface area contributed by atoms with E-state index < -0.39 is 4.92 Å². The number of para-hydroxylation sites is 1. The van der Waals surface area contributed by atoms with Gasteiger partial charge in [-0.2, -0.15) is 0 Å². The minimum absolute atomic E-state index is 0.0478. The van der Waals surface area contributed by atoms with Crippen molar-refractivity contribution in [3.05, 3.63) is 40.1 Å². The summed E-state index contributed by atoms with van der Waals surface area (Å²) in [5.74, 6) is -0.148. The first kappa shape index (κ1) is 16.7. The third-order valence-corrected chi connectivity index (χ3v) is 3.10. The zero-order valence-corrected chi connectivity index (χ0v) is 13.6. The van der Waals surface area contributed by atoms with E-state index in [4.69, 9.17) is 0 Å². The van der Waals surface area contributed by atoms with Gasteiger partial charge in [0.2, 0.25) is 5.91 Å². The predicted octanol–water partition coefficient (Wildman–Crippen LogP) is 2.78. The molecule has 7 nitrogen and oxygen atoms in total. The molecule has 0 spiro atoms. The van der Waals surface area contributed by atoms with Gasteiger partial charge in [-0.25, -0.2) is 4.98 Å². The average Bonchev–Trinajstić information content (AvgIpc) is 2.41. The van der Waals surface area contributed by atoms with Crippen LogP contribution in [0.4, 0.5) is 11.4 Å². The van der Waals surface area contributed by atoms with Crippen LogP contribution in [0.1, 0.15) is 26.5 Å². The van der Waals surface area contributed by atoms with E-state index in [0.717, 1.165) is 0 Å². The molecule has 0 unspecified atom stereocenters. The average molecular weight is 316 g/mol. The highest BCUT2D eigenvalue weighted by atomic mass is 16.6. The number of non-ortho nitro benzene ring substituents is 1. The summed E-state index contributed by atoms with van der Waals surface area (Å²) < 4.78 is 0. The fourth-order valence-corrected chi connectivity index (χ4v) is 2.29. The van der Waals surface area contributed by atoms with E-state index in [-0.39, 0.29) is 23.7 Å². The second-order valence-corrected chi connectivity index (χ2v) is 6.39. The van der Waals surface area contributed by atoms with Crippen molar-refractivity contribution < 1.29 is 9.72 Å². The van der Waals surface area contributed by atoms with Crippen molar-refractivity contribution in [3.63, 3.8) is 0 Å². The molecule has 2 N–H and O–H groups in total. The number of benzene rings is 1. The number of nitrogens with one attached hydrogen (secondary N) is 2. The Kier molecular flexibility index (Phi) is 4.49. The second kappa shape index (κ2) is 6.20. The third-order valence-electron chi connectivity index (χ3n) is 3.10. The number of nitro benzene ring substituents is 1. The largest absolute Gasteiger partial charge is 0.376 e. The van der Waals surface area contributed by atoms with Crippen molar-refractivity contribution in [2.45, 2.75) is 33.2 Å². The number of fused-ring (bicyclic) bond motifs is 1. The van der Waals surface area contributed by atoms with Gasteiger partial charge in [-0.05, 0) is 33.8 Å². The van der Waals surface area contributed by atoms with Crippen molar-refractivity contribution >= 4 is 28.2 Å². The fraction of sp³-hybridized carbons (Fsp3) is 0.375. The van der Waals surface area contributed by atoms with Crippen molar-refractivity contribution in [3.8, 4) is 0 Å². The van der Waals surface area contributed by atoms with Crippen molar-refractivity contribution in [2.75, 3.05) is 11.9 Å². The van der Waals surface area contributed by atoms with E-state index in [1.807, 2.05) is 20.8 Å². The highest BCUT2D eigenvalue weighted by Gasteiger charge is 2.17. The molecule has 1 heterocycles. The van der Waals surface area contributed by atoms with E-state index >= 15 is 0 Å². The summed E-state index contributed by atoms with van der Waals surface area (Å²) in [7, 11) is 0. The van der Waals surface area contributed by atoms with Crippen LogP contribution in [0.2, 0.25) is 0 Å². The summed E-state index contributed by atoms with van der Waals surface area (Å²) in [5, 5.41) is 17.7. The molecule has 23 heavy (non-hydrogen) atoms. The van der Waals surface area contributed by atoms with Crippen LogP contribution in [0.3, 0.4) is 0 Å². The number of pyridine rings is 1. The maximum absolute atomic E-state index is 11.9. The highest BCUT2D eigenvalue weighted by molar-refractivity contribution is 5.97. The molecule has 0 aliphatic heterocycles. The van der Waals surface area contributed by atoms with Gasteiger partial charge in [0.15, 0.2) is 5.52 Å². The molecule has 2 rings (SSSR count). The molecule has 0 radical (unpaired) electrons. The van der Waals surface area contributed by atoms with E-state index in [0.29, 0.717) is 22.3 Å². The van der Waals surface area contributed by atoms with Crippen LogP contribution in [0.25, 0.3) is 10.9 Å². The quantitative estimate of drug-likeness (QED) is 0.667. The third kappa shape index (κ3) is 4.15. The molecule has 0 bridgehead atoms. The molecule has 0 saturated carbocycles. The van der Waals surface area contributed by atoms with Gasteiger partial charge in [0.05, 0.1) is 11.5 Å². The topological polar surface area (TPSA) is 97.2 Å². The molecule has 0 atom stereocenters. The molecule has 0 saturated heterocycles. The lowest BCUT2D eigenvalue weighted by Crippen LogP contribution is -2.43. The molecule has 0 aliphatic carbocycles. The van der Waals surface area contributed by atoms with Crippen LogP contribution in [-0.2, 0) is 4.79 Å². The van der Waals surface area contributed by atoms with Crippen molar-refractivity contribution in [1.29, 1.82) is 0 Å². The first-order valence-electron chi connectivity index (χ1n) is 7.27. The van der Waals surface area contributed by atoms with Gasteiger partial charge in [-0.1, -0.05) is 12.1 Å². The lowest BCUT2D eigenvalue weighted by atomic mass is 10.1. The Hall–Kier alpha value is -2.70. The smallest absolute Gasteiger partial charge is 0.295 e. The number of carbonyl (C=O) groups is 1. The molecule has 0 aliphatic rings. The van der Waals surface area contributed by atoms with E-state index in [1.165, 1.54) is 6.07 Å². The summed E-state index contributed by atoms with van der Waals surface area (Å²) in [6.07, 6.45) is 0. The summed E-state index contributed by atoms with van der Waals surface area (Å²) in [5.41, 5.74) is 1.25. The maximum Gasteiger partial charge on any atom is 0.295 e. The highest BCUT2D eigenvalue weighted by Crippen LogP contribution is 2.29. The molecular formula is C16H20N4O3. The fourth-order valence-electron chi connectivity index (χ4n) is 2.29. The maximum atomic E-state index is 11.9. The molecule has 1 amide bonds. The first-order valence-corrected chi connectivity index (χ1v) is 7.27. The lowest BCUT2D eigenvalue weighted by molar-refractivity contribution is -0.383. The molecule has 1 aromatic carbocycles. The summed E-state index contributed by atoms with van der Waals surface area (Å²) >= 11 is 0. The van der Waals surface area contributed by atoms with Crippen LogP contribution in [0.5, 0.6) is 0 Å². The number of hydrogen-bond acceptors (Lipinski definition) is 5. The molecule has 1 aromatic heterocycles. The van der Waals surface area contributed by atoms with Gasteiger partial charge in [-0.3, -0.25) is 14.9 Å². The van der Waals surface area contributed by atoms with Crippen LogP contribution in [0, 0.1) is 17.0 Å². The van der Waals surface area contributed by atoms with Gasteiger partial charge in [-0.15, -0.1) is 0 Å². The van der Waals surface area contributed by atoms with E-state index in [2.05, 4.69) is 15.6 Å². The Balaban J connectivity index is 2.33. The summed E-state index contributed by atoms with van der Waals surface area (Å²) in [4.78, 5) is 26.9. The van der Waals surface area contributed by atoms with Crippen LogP contribution < -0.4 is 10.6 Å². The molecular weight excluding hydrogens is 296 g/mol. The lowest BCUT2D eigenvalue weighted by Gasteiger charge is -2.21. The van der Waals surface area contributed by atoms with Crippen molar-refractivity contribution in [2.24, 2.45) is 0 Å². The molecule has 7 heteroatoms. The number of amides is 1. The Bertz CT molecular complexity index is 766. The Morgan fingerprint density at radius 2 is 2.04 bits per heavy atom. The van der Waals surface area contributed by atoms with Crippen LogP contribution in [-0.4, -0.2) is 27.9 Å². The number of aromatic nitrogens is 1. The van der Waals surface area contributed by atoms with E-state index in [1.54, 1.807) is 25.1 Å². The number of rotatable bonds is 4. The Morgan fingerprint density at radius 3 is 2.65 bits per heavy atom. The zero-order chi connectivity index (χ0) is 17.2. The zero-order valence-electron chi connectivity index (χ0n) is 13.6. The minimum atomic E-state index is -0.454. The summed E-state index contributed by atoms with van der Waals surface area (Å²) in [6, 6.07) is 6.55. The number of carbonyl (C=O) groups excluding carboxylic acids is 1. The Labute approximate surface area is 134 Å². The first-order chi connectivity index (χ1) is 10.7. The van der Waals surface area contributed by atoms with Gasteiger partial charge in [0.1, 0.15) is 0 Å². The number of anilines is 1. The van der Waals surface area contributed by atoms with Gasteiger partial charge >= 0.3 is 0 Å². The number of hydrogen-bond donors (Lipinski definition) is 2. The SMILES string of the molecule is Cc1cc(NCC(=O)NC(C)(C)C)c2cccc([N+](=O)[O-])c2n1. The molecule has 122 valence electrons. The van der Waals surface area contributed by atoms with Crippen molar-refractivity contribution in [1.82, 2.24) is 10.3 Å².